The standard InChI is InChI=1S/C23H29NO4S/c1-4-6-12-23(5-2)16-29(26,27)21-14-20(28-3)18(15-25)13-19(21)22(24-23)17-10-8-7-9-11-17/h7-11,13-15,22,24H,4-6,12,16H2,1-3H3/t22-,23+/m0/s1. The van der Waals surface area contributed by atoms with E-state index in [2.05, 4.69) is 12.2 Å². The second-order valence-electron chi connectivity index (χ2n) is 7.73. The van der Waals surface area contributed by atoms with Crippen molar-refractivity contribution in [2.45, 2.75) is 56.0 Å². The van der Waals surface area contributed by atoms with Gasteiger partial charge in [0.2, 0.25) is 0 Å². The summed E-state index contributed by atoms with van der Waals surface area (Å²) in [5.74, 6) is 0.308. The molecule has 2 aromatic carbocycles. The number of aldehydes is 1. The molecule has 6 heteroatoms. The van der Waals surface area contributed by atoms with E-state index < -0.39 is 15.4 Å². The SMILES string of the molecule is CCCC[C@]1(CC)CS(=O)(=O)c2cc(OC)c(C=O)cc2[C@H](c2ccccc2)N1. The Labute approximate surface area is 173 Å². The third-order valence-corrected chi connectivity index (χ3v) is 7.83. The van der Waals surface area contributed by atoms with Gasteiger partial charge >= 0.3 is 0 Å². The maximum Gasteiger partial charge on any atom is 0.180 e. The zero-order chi connectivity index (χ0) is 21.1. The van der Waals surface area contributed by atoms with E-state index in [1.165, 1.54) is 13.2 Å². The molecule has 156 valence electrons. The second kappa shape index (κ2) is 8.67. The quantitative estimate of drug-likeness (QED) is 0.682. The molecule has 0 aliphatic carbocycles. The maximum atomic E-state index is 13.5. The van der Waals surface area contributed by atoms with E-state index in [0.717, 1.165) is 24.8 Å². The van der Waals surface area contributed by atoms with Crippen molar-refractivity contribution in [2.75, 3.05) is 12.9 Å². The summed E-state index contributed by atoms with van der Waals surface area (Å²) in [6.07, 6.45) is 4.12. The highest BCUT2D eigenvalue weighted by Gasteiger charge is 2.42. The number of methoxy groups -OCH3 is 1. The van der Waals surface area contributed by atoms with E-state index >= 15 is 0 Å². The van der Waals surface area contributed by atoms with Crippen LogP contribution < -0.4 is 10.1 Å². The first kappa shape index (κ1) is 21.5. The number of sulfone groups is 1. The van der Waals surface area contributed by atoms with Crippen LogP contribution in [0.5, 0.6) is 5.75 Å². The molecule has 0 radical (unpaired) electrons. The van der Waals surface area contributed by atoms with E-state index in [1.807, 2.05) is 37.3 Å². The normalized spacial score (nSPS) is 23.1. The molecule has 0 amide bonds. The van der Waals surface area contributed by atoms with Crippen LogP contribution in [0.15, 0.2) is 47.4 Å². The van der Waals surface area contributed by atoms with Gasteiger partial charge in [-0.05, 0) is 36.1 Å². The van der Waals surface area contributed by atoms with E-state index in [9.17, 15) is 13.2 Å². The second-order valence-corrected chi connectivity index (χ2v) is 9.69. The fraction of sp³-hybridized carbons (Fsp3) is 0.435. The van der Waals surface area contributed by atoms with Gasteiger partial charge in [-0.2, -0.15) is 0 Å². The molecule has 2 atom stereocenters. The average Bonchev–Trinajstić information content (AvgIpc) is 2.84. The Morgan fingerprint density at radius 3 is 2.52 bits per heavy atom. The number of hydrogen-bond donors (Lipinski definition) is 1. The van der Waals surface area contributed by atoms with Crippen LogP contribution in [0, 0.1) is 0 Å². The van der Waals surface area contributed by atoms with Crippen LogP contribution in [0.2, 0.25) is 0 Å². The van der Waals surface area contributed by atoms with Crippen molar-refractivity contribution >= 4 is 16.1 Å². The largest absolute Gasteiger partial charge is 0.496 e. The third kappa shape index (κ3) is 4.23. The summed E-state index contributed by atoms with van der Waals surface area (Å²) < 4.78 is 32.3. The molecule has 5 nitrogen and oxygen atoms in total. The molecule has 1 N–H and O–H groups in total. The first-order valence-electron chi connectivity index (χ1n) is 10.1. The van der Waals surface area contributed by atoms with Gasteiger partial charge in [0.05, 0.1) is 29.4 Å². The third-order valence-electron chi connectivity index (χ3n) is 5.87. The molecule has 0 bridgehead atoms. The number of nitrogens with one attached hydrogen (secondary N) is 1. The van der Waals surface area contributed by atoms with Crippen molar-refractivity contribution < 1.29 is 17.9 Å². The lowest BCUT2D eigenvalue weighted by molar-refractivity contribution is 0.112. The molecule has 0 unspecified atom stereocenters. The molecule has 1 heterocycles. The van der Waals surface area contributed by atoms with E-state index in [0.29, 0.717) is 23.8 Å². The predicted octanol–water partition coefficient (Wildman–Crippen LogP) is 4.31. The van der Waals surface area contributed by atoms with Crippen molar-refractivity contribution in [2.24, 2.45) is 0 Å². The van der Waals surface area contributed by atoms with Gasteiger partial charge < -0.3 is 4.74 Å². The van der Waals surface area contributed by atoms with Crippen molar-refractivity contribution in [1.29, 1.82) is 0 Å². The van der Waals surface area contributed by atoms with Gasteiger partial charge in [-0.25, -0.2) is 8.42 Å². The van der Waals surface area contributed by atoms with Gasteiger partial charge in [-0.15, -0.1) is 0 Å². The molecule has 0 spiro atoms. The number of fused-ring (bicyclic) bond motifs is 1. The van der Waals surface area contributed by atoms with Crippen molar-refractivity contribution in [3.63, 3.8) is 0 Å². The fourth-order valence-corrected chi connectivity index (χ4v) is 6.31. The summed E-state index contributed by atoms with van der Waals surface area (Å²) in [6, 6.07) is 12.7. The van der Waals surface area contributed by atoms with E-state index in [-0.39, 0.29) is 22.4 Å². The lowest BCUT2D eigenvalue weighted by Crippen LogP contribution is -2.50. The van der Waals surface area contributed by atoms with Crippen LogP contribution in [-0.2, 0) is 9.84 Å². The minimum atomic E-state index is -3.59. The predicted molar refractivity (Wildman–Crippen MR) is 114 cm³/mol. The number of carbonyl (C=O) groups is 1. The van der Waals surface area contributed by atoms with Crippen LogP contribution in [0.25, 0.3) is 0 Å². The van der Waals surface area contributed by atoms with Crippen LogP contribution >= 0.6 is 0 Å². The van der Waals surface area contributed by atoms with Crippen LogP contribution in [0.1, 0.15) is 67.1 Å². The molecular formula is C23H29NO4S. The summed E-state index contributed by atoms with van der Waals surface area (Å²) in [7, 11) is -2.14. The summed E-state index contributed by atoms with van der Waals surface area (Å²) in [5.41, 5.74) is 1.39. The number of hydrogen-bond acceptors (Lipinski definition) is 5. The molecule has 0 fully saturated rings. The first-order chi connectivity index (χ1) is 13.9. The highest BCUT2D eigenvalue weighted by Crippen LogP contribution is 2.40. The summed E-state index contributed by atoms with van der Waals surface area (Å²) in [6.45, 7) is 4.15. The minimum Gasteiger partial charge on any atom is -0.496 e. The number of benzene rings is 2. The average molecular weight is 416 g/mol. The molecule has 1 aliphatic heterocycles. The van der Waals surface area contributed by atoms with Crippen LogP contribution in [-0.4, -0.2) is 33.1 Å². The molecule has 0 saturated carbocycles. The Kier molecular flexibility index (Phi) is 6.44. The summed E-state index contributed by atoms with van der Waals surface area (Å²) in [4.78, 5) is 11.9. The summed E-state index contributed by atoms with van der Waals surface area (Å²) >= 11 is 0. The highest BCUT2D eigenvalue weighted by molar-refractivity contribution is 7.91. The number of unbranched alkanes of at least 4 members (excludes halogenated alkanes) is 1. The maximum absolute atomic E-state index is 13.5. The number of ether oxygens (including phenoxy) is 1. The molecule has 0 aromatic heterocycles. The smallest absolute Gasteiger partial charge is 0.180 e. The van der Waals surface area contributed by atoms with Gasteiger partial charge in [0, 0.05) is 5.54 Å². The van der Waals surface area contributed by atoms with Gasteiger partial charge in [0.15, 0.2) is 16.1 Å². The molecule has 3 rings (SSSR count). The highest BCUT2D eigenvalue weighted by atomic mass is 32.2. The Morgan fingerprint density at radius 1 is 1.21 bits per heavy atom. The minimum absolute atomic E-state index is 0.0242. The lowest BCUT2D eigenvalue weighted by Gasteiger charge is -2.36. The molecule has 29 heavy (non-hydrogen) atoms. The zero-order valence-corrected chi connectivity index (χ0v) is 18.1. The molecule has 1 aliphatic rings. The molecule has 0 saturated heterocycles. The molecule has 2 aromatic rings. The topological polar surface area (TPSA) is 72.5 Å². The van der Waals surface area contributed by atoms with Crippen LogP contribution in [0.3, 0.4) is 0 Å². The first-order valence-corrected chi connectivity index (χ1v) is 11.8. The Balaban J connectivity index is 2.28. The van der Waals surface area contributed by atoms with Crippen molar-refractivity contribution in [3.8, 4) is 5.75 Å². The lowest BCUT2D eigenvalue weighted by atomic mass is 9.87. The Morgan fingerprint density at radius 2 is 1.93 bits per heavy atom. The monoisotopic (exact) mass is 415 g/mol. The van der Waals surface area contributed by atoms with E-state index in [1.54, 1.807) is 6.07 Å². The zero-order valence-electron chi connectivity index (χ0n) is 17.3. The number of rotatable bonds is 7. The van der Waals surface area contributed by atoms with Gasteiger partial charge in [-0.1, -0.05) is 57.0 Å². The van der Waals surface area contributed by atoms with Crippen molar-refractivity contribution in [1.82, 2.24) is 5.32 Å². The Bertz CT molecular complexity index is 972. The fourth-order valence-electron chi connectivity index (χ4n) is 4.18. The van der Waals surface area contributed by atoms with Gasteiger partial charge in [-0.3, -0.25) is 10.1 Å². The van der Waals surface area contributed by atoms with Crippen molar-refractivity contribution in [3.05, 3.63) is 59.2 Å². The van der Waals surface area contributed by atoms with Gasteiger partial charge in [0.1, 0.15) is 5.75 Å². The number of carbonyl (C=O) groups excluding carboxylic acids is 1. The summed E-state index contributed by atoms with van der Waals surface area (Å²) in [5, 5.41) is 3.69. The Hall–Kier alpha value is -2.18. The van der Waals surface area contributed by atoms with Crippen LogP contribution in [0.4, 0.5) is 0 Å². The van der Waals surface area contributed by atoms with Gasteiger partial charge in [0.25, 0.3) is 0 Å². The van der Waals surface area contributed by atoms with E-state index in [4.69, 9.17) is 4.74 Å². The molecular weight excluding hydrogens is 386 g/mol.